The van der Waals surface area contributed by atoms with Crippen molar-refractivity contribution in [3.05, 3.63) is 53.1 Å². The molecule has 2 aromatic rings. The van der Waals surface area contributed by atoms with Crippen LogP contribution >= 0.6 is 11.8 Å². The van der Waals surface area contributed by atoms with Crippen LogP contribution in [-0.2, 0) is 14.3 Å². The van der Waals surface area contributed by atoms with Crippen LogP contribution in [0.2, 0.25) is 0 Å². The van der Waals surface area contributed by atoms with Gasteiger partial charge in [-0.25, -0.2) is 0 Å². The minimum atomic E-state index is -0.421. The summed E-state index contributed by atoms with van der Waals surface area (Å²) in [7, 11) is 0. The molecule has 2 aromatic carbocycles. The summed E-state index contributed by atoms with van der Waals surface area (Å²) < 4.78 is 15.7. The number of hydrogen-bond donors (Lipinski definition) is 1. The zero-order valence-electron chi connectivity index (χ0n) is 16.1. The van der Waals surface area contributed by atoms with E-state index in [0.717, 1.165) is 16.0 Å². The van der Waals surface area contributed by atoms with Crippen LogP contribution in [0, 0.1) is 13.8 Å². The molecule has 148 valence electrons. The fourth-order valence-electron chi connectivity index (χ4n) is 2.83. The molecule has 6 nitrogen and oxygen atoms in total. The van der Waals surface area contributed by atoms with Gasteiger partial charge in [-0.05, 0) is 50.1 Å². The third-order valence-corrected chi connectivity index (χ3v) is 5.46. The van der Waals surface area contributed by atoms with Crippen molar-refractivity contribution in [2.24, 2.45) is 0 Å². The number of amides is 1. The monoisotopic (exact) mass is 401 g/mol. The van der Waals surface area contributed by atoms with Gasteiger partial charge in [0.15, 0.2) is 18.1 Å². The number of rotatable bonds is 7. The lowest BCUT2D eigenvalue weighted by Gasteiger charge is -2.15. The van der Waals surface area contributed by atoms with Crippen molar-refractivity contribution in [3.63, 3.8) is 0 Å². The average molecular weight is 401 g/mol. The average Bonchev–Trinajstić information content (AvgIpc) is 3.13. The van der Waals surface area contributed by atoms with Crippen molar-refractivity contribution in [1.82, 2.24) is 5.32 Å². The van der Waals surface area contributed by atoms with Crippen LogP contribution < -0.4 is 14.8 Å². The summed E-state index contributed by atoms with van der Waals surface area (Å²) in [6, 6.07) is 11.3. The topological polar surface area (TPSA) is 73.9 Å². The fraction of sp³-hybridized carbons (Fsp3) is 0.333. The lowest BCUT2D eigenvalue weighted by Crippen LogP contribution is -2.31. The summed E-state index contributed by atoms with van der Waals surface area (Å²) in [4.78, 5) is 25.0. The van der Waals surface area contributed by atoms with Crippen LogP contribution in [0.1, 0.15) is 29.7 Å². The number of ether oxygens (including phenoxy) is 3. The molecular weight excluding hydrogens is 378 g/mol. The first-order valence-corrected chi connectivity index (χ1v) is 9.95. The predicted molar refractivity (Wildman–Crippen MR) is 107 cm³/mol. The van der Waals surface area contributed by atoms with Gasteiger partial charge in [-0.3, -0.25) is 9.59 Å². The van der Waals surface area contributed by atoms with E-state index in [1.54, 1.807) is 0 Å². The van der Waals surface area contributed by atoms with Gasteiger partial charge < -0.3 is 19.5 Å². The molecule has 0 aliphatic carbocycles. The maximum atomic E-state index is 12.1. The Bertz CT molecular complexity index is 883. The molecule has 0 spiro atoms. The lowest BCUT2D eigenvalue weighted by molar-refractivity contribution is -0.146. The van der Waals surface area contributed by atoms with Crippen LogP contribution in [0.25, 0.3) is 0 Å². The van der Waals surface area contributed by atoms with E-state index < -0.39 is 5.97 Å². The molecule has 28 heavy (non-hydrogen) atoms. The molecule has 1 aliphatic heterocycles. The first-order chi connectivity index (χ1) is 13.4. The number of benzene rings is 2. The highest BCUT2D eigenvalue weighted by molar-refractivity contribution is 8.00. The lowest BCUT2D eigenvalue weighted by atomic mass is 10.1. The first-order valence-electron chi connectivity index (χ1n) is 8.97. The van der Waals surface area contributed by atoms with Gasteiger partial charge in [-0.15, -0.1) is 11.8 Å². The summed E-state index contributed by atoms with van der Waals surface area (Å²) >= 11 is 1.41. The number of esters is 1. The molecule has 0 saturated carbocycles. The maximum absolute atomic E-state index is 12.1. The number of fused-ring (bicyclic) bond motifs is 1. The van der Waals surface area contributed by atoms with E-state index in [1.807, 2.05) is 51.1 Å². The van der Waals surface area contributed by atoms with Crippen LogP contribution in [0.3, 0.4) is 0 Å². The largest absolute Gasteiger partial charge is 0.455 e. The van der Waals surface area contributed by atoms with Crippen LogP contribution in [0.15, 0.2) is 41.3 Å². The number of hydrogen-bond acceptors (Lipinski definition) is 6. The zero-order valence-corrected chi connectivity index (χ0v) is 16.9. The third kappa shape index (κ3) is 5.19. The minimum absolute atomic E-state index is 0.162. The smallest absolute Gasteiger partial charge is 0.316 e. The predicted octanol–water partition coefficient (Wildman–Crippen LogP) is 3.54. The molecule has 0 saturated heterocycles. The molecule has 0 fully saturated rings. The van der Waals surface area contributed by atoms with Crippen molar-refractivity contribution in [2.75, 3.05) is 19.2 Å². The molecule has 0 radical (unpaired) electrons. The second-order valence-corrected chi connectivity index (χ2v) is 7.64. The summed E-state index contributed by atoms with van der Waals surface area (Å²) in [5.41, 5.74) is 3.18. The molecular formula is C21H23NO5S. The molecule has 1 atom stereocenters. The van der Waals surface area contributed by atoms with Crippen LogP contribution in [0.4, 0.5) is 0 Å². The van der Waals surface area contributed by atoms with Gasteiger partial charge in [0.05, 0.1) is 11.8 Å². The maximum Gasteiger partial charge on any atom is 0.316 e. The summed E-state index contributed by atoms with van der Waals surface area (Å²) in [6.07, 6.45) is 0. The Kier molecular flexibility index (Phi) is 6.46. The molecule has 1 aliphatic rings. The zero-order chi connectivity index (χ0) is 20.1. The van der Waals surface area contributed by atoms with Crippen LogP contribution in [-0.4, -0.2) is 31.0 Å². The SMILES string of the molecule is Cc1ccc(SCC(=O)OCC(=O)N[C@@H](C)c2ccc3c(c2)OCO3)c(C)c1. The second-order valence-electron chi connectivity index (χ2n) is 6.62. The Morgan fingerprint density at radius 3 is 2.71 bits per heavy atom. The van der Waals surface area contributed by atoms with Gasteiger partial charge >= 0.3 is 5.97 Å². The van der Waals surface area contributed by atoms with Crippen molar-refractivity contribution in [3.8, 4) is 11.5 Å². The van der Waals surface area contributed by atoms with Crippen molar-refractivity contribution in [2.45, 2.75) is 31.7 Å². The summed E-state index contributed by atoms with van der Waals surface area (Å²) in [5.74, 6) is 0.742. The molecule has 7 heteroatoms. The molecule has 1 heterocycles. The van der Waals surface area contributed by atoms with Gasteiger partial charge in [0.25, 0.3) is 5.91 Å². The van der Waals surface area contributed by atoms with E-state index in [2.05, 4.69) is 11.4 Å². The number of carbonyl (C=O) groups excluding carboxylic acids is 2. The Hall–Kier alpha value is -2.67. The van der Waals surface area contributed by atoms with Gasteiger partial charge in [-0.2, -0.15) is 0 Å². The highest BCUT2D eigenvalue weighted by Crippen LogP contribution is 2.34. The van der Waals surface area contributed by atoms with E-state index in [4.69, 9.17) is 14.2 Å². The molecule has 0 bridgehead atoms. The fourth-order valence-corrected chi connectivity index (χ4v) is 3.64. The Morgan fingerprint density at radius 1 is 1.14 bits per heavy atom. The number of nitrogens with one attached hydrogen (secondary N) is 1. The standard InChI is InChI=1S/C21H23NO5S/c1-13-4-7-19(14(2)8-13)28-11-21(24)25-10-20(23)22-15(3)16-5-6-17-18(9-16)27-12-26-17/h4-9,15H,10-12H2,1-3H3,(H,22,23)/t15-/m0/s1. The Balaban J connectivity index is 1.42. The van der Waals surface area contributed by atoms with Gasteiger partial charge in [0.2, 0.25) is 6.79 Å². The number of aryl methyl sites for hydroxylation is 2. The van der Waals surface area contributed by atoms with Crippen molar-refractivity contribution < 1.29 is 23.8 Å². The number of carbonyl (C=O) groups is 2. The van der Waals surface area contributed by atoms with Gasteiger partial charge in [0, 0.05) is 4.90 Å². The number of thioether (sulfide) groups is 1. The summed E-state index contributed by atoms with van der Waals surface area (Å²) in [5, 5.41) is 2.81. The van der Waals surface area contributed by atoms with Gasteiger partial charge in [-0.1, -0.05) is 23.8 Å². The second kappa shape index (κ2) is 9.01. The molecule has 0 aromatic heterocycles. The highest BCUT2D eigenvalue weighted by Gasteiger charge is 2.17. The Labute approximate surface area is 168 Å². The van der Waals surface area contributed by atoms with E-state index in [-0.39, 0.29) is 31.1 Å². The van der Waals surface area contributed by atoms with E-state index in [1.165, 1.54) is 17.3 Å². The van der Waals surface area contributed by atoms with E-state index in [9.17, 15) is 9.59 Å². The molecule has 0 unspecified atom stereocenters. The van der Waals surface area contributed by atoms with E-state index >= 15 is 0 Å². The van der Waals surface area contributed by atoms with Crippen molar-refractivity contribution >= 4 is 23.6 Å². The van der Waals surface area contributed by atoms with Crippen LogP contribution in [0.5, 0.6) is 11.5 Å². The first kappa shape index (κ1) is 20.1. The van der Waals surface area contributed by atoms with Crippen molar-refractivity contribution in [1.29, 1.82) is 0 Å². The minimum Gasteiger partial charge on any atom is -0.455 e. The molecule has 1 N–H and O–H groups in total. The third-order valence-electron chi connectivity index (χ3n) is 4.31. The Morgan fingerprint density at radius 2 is 1.93 bits per heavy atom. The normalized spacial score (nSPS) is 13.1. The molecule has 1 amide bonds. The molecule has 3 rings (SSSR count). The highest BCUT2D eigenvalue weighted by atomic mass is 32.2. The van der Waals surface area contributed by atoms with E-state index in [0.29, 0.717) is 11.5 Å². The van der Waals surface area contributed by atoms with Gasteiger partial charge in [0.1, 0.15) is 0 Å². The summed E-state index contributed by atoms with van der Waals surface area (Å²) in [6.45, 7) is 5.79. The quantitative estimate of drug-likeness (QED) is 0.565.